The first-order chi connectivity index (χ1) is 26.2. The van der Waals surface area contributed by atoms with Crippen molar-refractivity contribution in [2.75, 3.05) is 21.5 Å². The number of Topliss-reactive ketones (excluding diaryl/α,β-unsaturated/α-hetero) is 2. The lowest BCUT2D eigenvalue weighted by atomic mass is 9.94. The minimum atomic E-state index is -5.08. The molecule has 0 aromatic heterocycles. The number of hydrogen-bond acceptors (Lipinski definition) is 13. The van der Waals surface area contributed by atoms with Gasteiger partial charge in [0.05, 0.1) is 16.3 Å². The molecule has 0 heterocycles. The fraction of sp³-hybridized carbons (Fsp3) is 0.0571. The summed E-state index contributed by atoms with van der Waals surface area (Å²) in [6.07, 6.45) is 2.04. The number of carbonyl (C=O) groups is 3. The standard InChI is InChI=1S/C35H28N6O12S3/c1-18-5-3-4-6-27(18)38-41-32-30(55(48,49)50)17-21-15-22(7-10-25(21)33(32)43)36-35(44)37-23-8-11-26-20(14-23)16-29(42)31(34(26)56(51,52)53)40-39-28-12-9-24(13-19(28)2)54(45,46)47/h3-17,38-39H,1-2H3,(H2,36,37,44)(H,45,46,47)(H,48,49,50)(H,51,52,53)/b40-31-,41-32+. The number of benzene rings is 4. The highest BCUT2D eigenvalue weighted by Crippen LogP contribution is 2.29. The summed E-state index contributed by atoms with van der Waals surface area (Å²) in [5.41, 5.74) is 5.74. The number of para-hydroxylation sites is 1. The second-order valence-corrected chi connectivity index (χ2v) is 16.4. The van der Waals surface area contributed by atoms with Gasteiger partial charge in [-0.1, -0.05) is 24.3 Å². The molecule has 0 unspecified atom stereocenters. The monoisotopic (exact) mass is 820 g/mol. The SMILES string of the molecule is Cc1ccccc1N/N=C1/C(=O)c2ccc(NC(=O)Nc3ccc4c(c3)=CC(=O)/C(=N/Nc3ccc(S(=O)(=O)O)cc3C)C=4S(=O)(=O)O)cc2C=C1S(=O)(=O)O. The highest BCUT2D eigenvalue weighted by Gasteiger charge is 2.33. The Labute approximate surface area is 318 Å². The van der Waals surface area contributed by atoms with Gasteiger partial charge in [0, 0.05) is 22.2 Å². The van der Waals surface area contributed by atoms with Crippen LogP contribution in [-0.4, -0.2) is 67.9 Å². The first kappa shape index (κ1) is 39.3. The topological polar surface area (TPSA) is 287 Å². The Bertz CT molecular complexity index is 2980. The Balaban J connectivity index is 1.25. The van der Waals surface area contributed by atoms with E-state index in [1.165, 1.54) is 49.4 Å². The van der Waals surface area contributed by atoms with Crippen molar-refractivity contribution in [1.82, 2.24) is 0 Å². The van der Waals surface area contributed by atoms with Gasteiger partial charge >= 0.3 is 6.03 Å². The van der Waals surface area contributed by atoms with Crippen molar-refractivity contribution >= 4 is 99.2 Å². The Morgan fingerprint density at radius 2 is 1.27 bits per heavy atom. The molecule has 7 N–H and O–H groups in total. The summed E-state index contributed by atoms with van der Waals surface area (Å²) in [5, 5.41) is 12.7. The van der Waals surface area contributed by atoms with Gasteiger partial charge < -0.3 is 10.6 Å². The molecule has 2 aliphatic rings. The third kappa shape index (κ3) is 8.31. The number of fused-ring (bicyclic) bond motifs is 2. The van der Waals surface area contributed by atoms with E-state index in [1.54, 1.807) is 31.2 Å². The molecule has 4 aromatic carbocycles. The number of hydrogen-bond donors (Lipinski definition) is 7. The summed E-state index contributed by atoms with van der Waals surface area (Å²) in [6.45, 7) is 3.23. The van der Waals surface area contributed by atoms with Crippen molar-refractivity contribution in [2.24, 2.45) is 10.2 Å². The van der Waals surface area contributed by atoms with E-state index in [-0.39, 0.29) is 44.2 Å². The van der Waals surface area contributed by atoms with Gasteiger partial charge in [-0.15, -0.1) is 0 Å². The van der Waals surface area contributed by atoms with Gasteiger partial charge in [0.1, 0.15) is 9.81 Å². The molecular formula is C35H28N6O12S3. The second kappa shape index (κ2) is 14.7. The number of nitrogens with zero attached hydrogens (tertiary/aromatic N) is 2. The number of carbonyl (C=O) groups excluding carboxylic acids is 3. The Hall–Kier alpha value is -6.36. The molecule has 0 atom stereocenters. The lowest BCUT2D eigenvalue weighted by Crippen LogP contribution is -2.40. The molecule has 0 aliphatic heterocycles. The summed E-state index contributed by atoms with van der Waals surface area (Å²) in [7, 11) is -14.5. The molecule has 21 heteroatoms. The number of amides is 2. The number of ketones is 2. The van der Waals surface area contributed by atoms with Gasteiger partial charge in [0.2, 0.25) is 11.6 Å². The average Bonchev–Trinajstić information content (AvgIpc) is 3.09. The summed E-state index contributed by atoms with van der Waals surface area (Å²) in [5.74, 6) is -1.77. The van der Waals surface area contributed by atoms with Gasteiger partial charge in [-0.05, 0) is 103 Å². The first-order valence-electron chi connectivity index (χ1n) is 15.9. The summed E-state index contributed by atoms with van der Waals surface area (Å²) >= 11 is 0. The largest absolute Gasteiger partial charge is 0.323 e. The third-order valence-corrected chi connectivity index (χ3v) is 11.0. The minimum Gasteiger partial charge on any atom is -0.308 e. The van der Waals surface area contributed by atoms with Gasteiger partial charge in [-0.3, -0.25) is 34.1 Å². The van der Waals surface area contributed by atoms with Gasteiger partial charge in [-0.2, -0.15) is 35.5 Å². The Morgan fingerprint density at radius 1 is 0.643 bits per heavy atom. The van der Waals surface area contributed by atoms with E-state index >= 15 is 0 Å². The molecule has 18 nitrogen and oxygen atoms in total. The van der Waals surface area contributed by atoms with Crippen molar-refractivity contribution < 1.29 is 53.3 Å². The fourth-order valence-corrected chi connectivity index (χ4v) is 7.73. The number of aryl methyl sites for hydroxylation is 2. The van der Waals surface area contributed by atoms with Gasteiger partial charge in [0.15, 0.2) is 11.4 Å². The van der Waals surface area contributed by atoms with Crippen molar-refractivity contribution in [2.45, 2.75) is 18.7 Å². The van der Waals surface area contributed by atoms with Crippen molar-refractivity contribution in [3.05, 3.63) is 116 Å². The van der Waals surface area contributed by atoms with Crippen molar-refractivity contribution in [1.29, 1.82) is 0 Å². The zero-order valence-corrected chi connectivity index (χ0v) is 31.2. The van der Waals surface area contributed by atoms with Crippen LogP contribution in [0.1, 0.15) is 27.0 Å². The van der Waals surface area contributed by atoms with E-state index in [2.05, 4.69) is 31.7 Å². The molecule has 0 radical (unpaired) electrons. The van der Waals surface area contributed by atoms with Crippen LogP contribution in [0.3, 0.4) is 0 Å². The molecule has 288 valence electrons. The first-order valence-corrected chi connectivity index (χ1v) is 20.2. The molecular weight excluding hydrogens is 793 g/mol. The Kier molecular flexibility index (Phi) is 10.3. The van der Waals surface area contributed by atoms with Gasteiger partial charge in [0.25, 0.3) is 30.4 Å². The third-order valence-electron chi connectivity index (χ3n) is 8.33. The smallest absolute Gasteiger partial charge is 0.308 e. The molecule has 2 aliphatic carbocycles. The normalized spacial score (nSPS) is 15.7. The van der Waals surface area contributed by atoms with E-state index in [0.717, 1.165) is 29.8 Å². The second-order valence-electron chi connectivity index (χ2n) is 12.2. The maximum absolute atomic E-state index is 13.4. The van der Waals surface area contributed by atoms with Crippen LogP contribution in [0.2, 0.25) is 0 Å². The molecule has 56 heavy (non-hydrogen) atoms. The average molecular weight is 821 g/mol. The van der Waals surface area contributed by atoms with E-state index in [9.17, 15) is 53.3 Å². The minimum absolute atomic E-state index is 0.0161. The predicted octanol–water partition coefficient (Wildman–Crippen LogP) is 2.91. The van der Waals surface area contributed by atoms with Crippen LogP contribution in [0.5, 0.6) is 0 Å². The van der Waals surface area contributed by atoms with Crippen LogP contribution in [0.15, 0.2) is 98.9 Å². The van der Waals surface area contributed by atoms with Crippen molar-refractivity contribution in [3.63, 3.8) is 0 Å². The van der Waals surface area contributed by atoms with E-state index in [0.29, 0.717) is 5.69 Å². The number of hydrazone groups is 2. The Morgan fingerprint density at radius 3 is 1.89 bits per heavy atom. The van der Waals surface area contributed by atoms with Crippen LogP contribution >= 0.6 is 0 Å². The molecule has 0 saturated heterocycles. The summed E-state index contributed by atoms with van der Waals surface area (Å²) < 4.78 is 102. The maximum Gasteiger partial charge on any atom is 0.323 e. The lowest BCUT2D eigenvalue weighted by molar-refractivity contribution is -0.107. The van der Waals surface area contributed by atoms with Gasteiger partial charge in [-0.25, -0.2) is 4.79 Å². The van der Waals surface area contributed by atoms with Crippen LogP contribution in [0.25, 0.3) is 17.1 Å². The zero-order valence-electron chi connectivity index (χ0n) is 28.8. The lowest BCUT2D eigenvalue weighted by Gasteiger charge is -2.18. The van der Waals surface area contributed by atoms with Crippen LogP contribution in [-0.2, 0) is 35.1 Å². The number of allylic oxidation sites excluding steroid dienone is 1. The maximum atomic E-state index is 13.4. The quantitative estimate of drug-likeness (QED) is 0.0945. The number of urea groups is 1. The number of nitrogens with one attached hydrogen (secondary N) is 4. The highest BCUT2D eigenvalue weighted by molar-refractivity contribution is 7.96. The van der Waals surface area contributed by atoms with Crippen LogP contribution in [0, 0.1) is 13.8 Å². The van der Waals surface area contributed by atoms with Crippen molar-refractivity contribution in [3.8, 4) is 0 Å². The number of anilines is 4. The molecule has 0 spiro atoms. The number of rotatable bonds is 9. The predicted molar refractivity (Wildman–Crippen MR) is 207 cm³/mol. The molecule has 6 rings (SSSR count). The van der Waals surface area contributed by atoms with Crippen LogP contribution in [0.4, 0.5) is 27.5 Å². The summed E-state index contributed by atoms with van der Waals surface area (Å²) in [6, 6.07) is 17.1. The van der Waals surface area contributed by atoms with Crippen LogP contribution < -0.4 is 31.9 Å². The summed E-state index contributed by atoms with van der Waals surface area (Å²) in [4.78, 5) is 37.4. The molecule has 0 saturated carbocycles. The molecule has 4 aromatic rings. The van der Waals surface area contributed by atoms with E-state index < -0.39 is 74.1 Å². The molecule has 2 amide bonds. The fourth-order valence-electron chi connectivity index (χ4n) is 5.65. The molecule has 0 fully saturated rings. The van der Waals surface area contributed by atoms with E-state index in [1.807, 2.05) is 0 Å². The zero-order chi connectivity index (χ0) is 40.7. The van der Waals surface area contributed by atoms with E-state index in [4.69, 9.17) is 0 Å². The highest BCUT2D eigenvalue weighted by atomic mass is 32.2. The molecule has 0 bridgehead atoms.